The number of halogens is 1. The first kappa shape index (κ1) is 22.8. The van der Waals surface area contributed by atoms with Crippen molar-refractivity contribution in [2.45, 2.75) is 19.8 Å². The lowest BCUT2D eigenvalue weighted by atomic mass is 10.2. The number of amides is 1. The molecule has 0 aromatic heterocycles. The number of carbonyl (C=O) groups is 1. The zero-order chi connectivity index (χ0) is 22.1. The summed E-state index contributed by atoms with van der Waals surface area (Å²) in [7, 11) is 0. The summed E-state index contributed by atoms with van der Waals surface area (Å²) in [5, 5.41) is 5.91. The second kappa shape index (κ2) is 11.5. The third-order valence-corrected chi connectivity index (χ3v) is 4.96. The van der Waals surface area contributed by atoms with Gasteiger partial charge in [0.05, 0.1) is 12.2 Å². The van der Waals surface area contributed by atoms with Crippen molar-refractivity contribution in [1.29, 1.82) is 0 Å². The first-order valence-corrected chi connectivity index (χ1v) is 11.1. The summed E-state index contributed by atoms with van der Waals surface area (Å²) >= 11 is 8.71. The molecule has 0 saturated heterocycles. The second-order valence-corrected chi connectivity index (χ2v) is 8.01. The molecule has 0 unspecified atom stereocenters. The van der Waals surface area contributed by atoms with Crippen LogP contribution >= 0.6 is 28.1 Å². The van der Waals surface area contributed by atoms with Crippen LogP contribution in [-0.4, -0.2) is 17.6 Å². The lowest BCUT2D eigenvalue weighted by molar-refractivity contribution is 0.0973. The van der Waals surface area contributed by atoms with Gasteiger partial charge in [0.25, 0.3) is 5.91 Å². The minimum atomic E-state index is -0.339. The zero-order valence-electron chi connectivity index (χ0n) is 17.1. The number of benzene rings is 3. The minimum Gasteiger partial charge on any atom is -0.493 e. The van der Waals surface area contributed by atoms with E-state index in [1.165, 1.54) is 0 Å². The van der Waals surface area contributed by atoms with E-state index in [0.717, 1.165) is 28.8 Å². The quantitative estimate of drug-likeness (QED) is 0.272. The maximum atomic E-state index is 12.7. The van der Waals surface area contributed by atoms with Gasteiger partial charge < -0.3 is 14.8 Å². The average Bonchev–Trinajstić information content (AvgIpc) is 2.77. The molecule has 160 valence electrons. The van der Waals surface area contributed by atoms with Crippen LogP contribution in [0.25, 0.3) is 0 Å². The number of rotatable bonds is 8. The fourth-order valence-electron chi connectivity index (χ4n) is 2.70. The van der Waals surface area contributed by atoms with Crippen LogP contribution in [0.4, 0.5) is 5.69 Å². The van der Waals surface area contributed by atoms with Crippen LogP contribution in [0.5, 0.6) is 17.2 Å². The largest absolute Gasteiger partial charge is 0.493 e. The predicted octanol–water partition coefficient (Wildman–Crippen LogP) is 6.55. The van der Waals surface area contributed by atoms with Crippen LogP contribution in [0.1, 0.15) is 30.1 Å². The van der Waals surface area contributed by atoms with Crippen LogP contribution in [-0.2, 0) is 0 Å². The Balaban J connectivity index is 1.59. The molecular weight excluding hydrogens is 476 g/mol. The van der Waals surface area contributed by atoms with Crippen LogP contribution in [0, 0.1) is 0 Å². The molecule has 0 heterocycles. The molecule has 0 saturated carbocycles. The van der Waals surface area contributed by atoms with E-state index in [1.807, 2.05) is 60.7 Å². The van der Waals surface area contributed by atoms with Gasteiger partial charge in [-0.05, 0) is 73.2 Å². The number of ether oxygens (including phenoxy) is 2. The van der Waals surface area contributed by atoms with E-state index < -0.39 is 0 Å². The third-order valence-electron chi connectivity index (χ3n) is 4.26. The number of hydrogen-bond donors (Lipinski definition) is 2. The van der Waals surface area contributed by atoms with Gasteiger partial charge in [0, 0.05) is 10.2 Å². The van der Waals surface area contributed by atoms with E-state index >= 15 is 0 Å². The average molecular weight is 499 g/mol. The SMILES string of the molecule is CCCCOc1ccc(Br)cc1C(=O)NC(=S)Nc1ccc(Oc2ccccc2)cc1. The summed E-state index contributed by atoms with van der Waals surface area (Å²) in [6, 6.07) is 22.2. The smallest absolute Gasteiger partial charge is 0.261 e. The molecule has 0 aliphatic carbocycles. The summed E-state index contributed by atoms with van der Waals surface area (Å²) in [4.78, 5) is 12.7. The third kappa shape index (κ3) is 7.08. The van der Waals surface area contributed by atoms with Crippen molar-refractivity contribution in [2.24, 2.45) is 0 Å². The van der Waals surface area contributed by atoms with Crippen LogP contribution < -0.4 is 20.1 Å². The van der Waals surface area contributed by atoms with Gasteiger partial charge in [-0.3, -0.25) is 10.1 Å². The number of carbonyl (C=O) groups excluding carboxylic acids is 1. The molecule has 31 heavy (non-hydrogen) atoms. The molecule has 0 aliphatic heterocycles. The molecule has 0 atom stereocenters. The molecule has 0 radical (unpaired) electrons. The zero-order valence-corrected chi connectivity index (χ0v) is 19.5. The Labute approximate surface area is 195 Å². The number of unbranched alkanes of at least 4 members (excludes halogenated alkanes) is 1. The maximum absolute atomic E-state index is 12.7. The Morgan fingerprint density at radius 2 is 1.71 bits per heavy atom. The summed E-state index contributed by atoms with van der Waals surface area (Å²) in [5.74, 6) is 1.65. The summed E-state index contributed by atoms with van der Waals surface area (Å²) in [5.41, 5.74) is 1.15. The van der Waals surface area contributed by atoms with Crippen molar-refractivity contribution in [3.63, 3.8) is 0 Å². The first-order chi connectivity index (χ1) is 15.0. The van der Waals surface area contributed by atoms with Gasteiger partial charge in [-0.15, -0.1) is 0 Å². The number of thiocarbonyl (C=S) groups is 1. The Hall–Kier alpha value is -2.90. The number of anilines is 1. The summed E-state index contributed by atoms with van der Waals surface area (Å²) < 4.78 is 12.3. The highest BCUT2D eigenvalue weighted by Crippen LogP contribution is 2.24. The van der Waals surface area contributed by atoms with E-state index in [1.54, 1.807) is 12.1 Å². The van der Waals surface area contributed by atoms with Gasteiger partial charge in [-0.1, -0.05) is 47.5 Å². The topological polar surface area (TPSA) is 59.6 Å². The van der Waals surface area contributed by atoms with Gasteiger partial charge in [0.2, 0.25) is 0 Å². The normalized spacial score (nSPS) is 10.3. The standard InChI is InChI=1S/C24H23BrN2O3S/c1-2-3-15-29-22-14-9-17(25)16-21(22)23(28)27-24(31)26-18-10-12-20(13-11-18)30-19-7-5-4-6-8-19/h4-14,16H,2-3,15H2,1H3,(H2,26,27,28,31). The van der Waals surface area contributed by atoms with Crippen LogP contribution in [0.3, 0.4) is 0 Å². The van der Waals surface area contributed by atoms with Gasteiger partial charge >= 0.3 is 0 Å². The van der Waals surface area contributed by atoms with Crippen molar-refractivity contribution >= 4 is 44.9 Å². The van der Waals surface area contributed by atoms with Gasteiger partial charge in [0.15, 0.2) is 5.11 Å². The molecule has 5 nitrogen and oxygen atoms in total. The maximum Gasteiger partial charge on any atom is 0.261 e. The molecule has 1 amide bonds. The molecule has 0 aliphatic rings. The highest BCUT2D eigenvalue weighted by atomic mass is 79.9. The van der Waals surface area contributed by atoms with E-state index in [0.29, 0.717) is 23.7 Å². The molecule has 3 aromatic rings. The second-order valence-electron chi connectivity index (χ2n) is 6.69. The number of para-hydroxylation sites is 1. The van der Waals surface area contributed by atoms with Crippen LogP contribution in [0.2, 0.25) is 0 Å². The van der Waals surface area contributed by atoms with Crippen molar-refractivity contribution in [1.82, 2.24) is 5.32 Å². The van der Waals surface area contributed by atoms with Crippen molar-refractivity contribution < 1.29 is 14.3 Å². The molecule has 3 aromatic carbocycles. The van der Waals surface area contributed by atoms with Crippen molar-refractivity contribution in [2.75, 3.05) is 11.9 Å². The first-order valence-electron chi connectivity index (χ1n) is 9.93. The molecule has 0 spiro atoms. The molecule has 7 heteroatoms. The number of nitrogens with one attached hydrogen (secondary N) is 2. The lowest BCUT2D eigenvalue weighted by Gasteiger charge is -2.14. The Morgan fingerprint density at radius 1 is 1.00 bits per heavy atom. The summed E-state index contributed by atoms with van der Waals surface area (Å²) in [6.45, 7) is 2.64. The predicted molar refractivity (Wildman–Crippen MR) is 131 cm³/mol. The fraction of sp³-hybridized carbons (Fsp3) is 0.167. The monoisotopic (exact) mass is 498 g/mol. The molecule has 0 fully saturated rings. The highest BCUT2D eigenvalue weighted by molar-refractivity contribution is 9.10. The highest BCUT2D eigenvalue weighted by Gasteiger charge is 2.15. The van der Waals surface area contributed by atoms with E-state index in [4.69, 9.17) is 21.7 Å². The minimum absolute atomic E-state index is 0.196. The van der Waals surface area contributed by atoms with Gasteiger partial charge in [-0.25, -0.2) is 0 Å². The van der Waals surface area contributed by atoms with Crippen LogP contribution in [0.15, 0.2) is 77.3 Å². The van der Waals surface area contributed by atoms with E-state index in [9.17, 15) is 4.79 Å². The van der Waals surface area contributed by atoms with Crippen molar-refractivity contribution in [3.8, 4) is 17.2 Å². The van der Waals surface area contributed by atoms with Gasteiger partial charge in [0.1, 0.15) is 17.2 Å². The van der Waals surface area contributed by atoms with E-state index in [2.05, 4.69) is 33.5 Å². The molecule has 2 N–H and O–H groups in total. The Morgan fingerprint density at radius 3 is 2.42 bits per heavy atom. The van der Waals surface area contributed by atoms with Crippen molar-refractivity contribution in [3.05, 3.63) is 82.8 Å². The van der Waals surface area contributed by atoms with Gasteiger partial charge in [-0.2, -0.15) is 0 Å². The van der Waals surface area contributed by atoms with E-state index in [-0.39, 0.29) is 11.0 Å². The molecule has 3 rings (SSSR count). The Bertz CT molecular complexity index is 1030. The number of hydrogen-bond acceptors (Lipinski definition) is 4. The lowest BCUT2D eigenvalue weighted by Crippen LogP contribution is -2.34. The molecular formula is C24H23BrN2O3S. The fourth-order valence-corrected chi connectivity index (χ4v) is 3.27. The summed E-state index contributed by atoms with van der Waals surface area (Å²) in [6.07, 6.45) is 1.93. The molecule has 0 bridgehead atoms. The Kier molecular flexibility index (Phi) is 8.44.